The number of benzene rings is 1. The van der Waals surface area contributed by atoms with E-state index in [4.69, 9.17) is 9.47 Å². The Kier molecular flexibility index (Phi) is 6.14. The van der Waals surface area contributed by atoms with E-state index >= 15 is 0 Å². The van der Waals surface area contributed by atoms with Crippen LogP contribution in [0.2, 0.25) is 0 Å². The molecule has 152 valence electrons. The molecule has 0 aliphatic heterocycles. The third-order valence-electron chi connectivity index (χ3n) is 4.43. The Hall–Kier alpha value is -3.52. The van der Waals surface area contributed by atoms with Gasteiger partial charge in [-0.25, -0.2) is 9.97 Å². The van der Waals surface area contributed by atoms with E-state index in [0.29, 0.717) is 36.8 Å². The van der Waals surface area contributed by atoms with Gasteiger partial charge in [-0.1, -0.05) is 12.1 Å². The molecule has 1 aromatic carbocycles. The first-order valence-electron chi connectivity index (χ1n) is 9.46. The standard InChI is InChI=1S/C22H20N4O3S/c1-23-20(27)15-5-2-7-17(11-15)28-9-4-10-29-21-19-18(16-6-3-8-24-12-16)13-30-22(19)26-14-25-21/h2-3,5-8,11-14H,4,9-10H2,1H3,(H,23,27). The zero-order valence-corrected chi connectivity index (χ0v) is 17.2. The molecule has 0 atom stereocenters. The molecule has 0 spiro atoms. The van der Waals surface area contributed by atoms with E-state index < -0.39 is 0 Å². The number of nitrogens with one attached hydrogen (secondary N) is 1. The number of hydrogen-bond acceptors (Lipinski definition) is 7. The second kappa shape index (κ2) is 9.32. The minimum Gasteiger partial charge on any atom is -0.493 e. The van der Waals surface area contributed by atoms with Crippen LogP contribution in [0.3, 0.4) is 0 Å². The predicted octanol–water partition coefficient (Wildman–Crippen LogP) is 3.96. The molecule has 3 heterocycles. The van der Waals surface area contributed by atoms with Gasteiger partial charge in [-0.3, -0.25) is 9.78 Å². The van der Waals surface area contributed by atoms with E-state index in [9.17, 15) is 4.79 Å². The van der Waals surface area contributed by atoms with Crippen LogP contribution in [0, 0.1) is 0 Å². The lowest BCUT2D eigenvalue weighted by Gasteiger charge is -2.09. The Morgan fingerprint density at radius 1 is 1.13 bits per heavy atom. The molecule has 0 radical (unpaired) electrons. The van der Waals surface area contributed by atoms with Crippen LogP contribution in [-0.2, 0) is 0 Å². The lowest BCUT2D eigenvalue weighted by Crippen LogP contribution is -2.17. The molecule has 0 aliphatic carbocycles. The first-order valence-corrected chi connectivity index (χ1v) is 10.3. The Morgan fingerprint density at radius 2 is 2.03 bits per heavy atom. The number of rotatable bonds is 8. The Bertz CT molecular complexity index is 1150. The predicted molar refractivity (Wildman–Crippen MR) is 116 cm³/mol. The van der Waals surface area contributed by atoms with Gasteiger partial charge in [0.15, 0.2) is 0 Å². The molecule has 0 fully saturated rings. The maximum atomic E-state index is 11.7. The van der Waals surface area contributed by atoms with E-state index in [1.54, 1.807) is 42.8 Å². The van der Waals surface area contributed by atoms with Gasteiger partial charge in [-0.2, -0.15) is 0 Å². The maximum Gasteiger partial charge on any atom is 0.251 e. The number of fused-ring (bicyclic) bond motifs is 1. The van der Waals surface area contributed by atoms with Gasteiger partial charge in [0.25, 0.3) is 5.91 Å². The third-order valence-corrected chi connectivity index (χ3v) is 5.31. The summed E-state index contributed by atoms with van der Waals surface area (Å²) >= 11 is 1.55. The maximum absolute atomic E-state index is 11.7. The van der Waals surface area contributed by atoms with Crippen molar-refractivity contribution in [3.63, 3.8) is 0 Å². The highest BCUT2D eigenvalue weighted by Gasteiger charge is 2.14. The normalized spacial score (nSPS) is 10.7. The number of aromatic nitrogens is 3. The summed E-state index contributed by atoms with van der Waals surface area (Å²) in [6.07, 6.45) is 5.75. The van der Waals surface area contributed by atoms with E-state index in [1.807, 2.05) is 29.8 Å². The molecule has 0 unspecified atom stereocenters. The van der Waals surface area contributed by atoms with Crippen molar-refractivity contribution in [2.75, 3.05) is 20.3 Å². The molecule has 0 saturated heterocycles. The van der Waals surface area contributed by atoms with Crippen LogP contribution in [0.5, 0.6) is 11.6 Å². The summed E-state index contributed by atoms with van der Waals surface area (Å²) in [7, 11) is 1.60. The molecule has 30 heavy (non-hydrogen) atoms. The smallest absolute Gasteiger partial charge is 0.251 e. The van der Waals surface area contributed by atoms with Gasteiger partial charge >= 0.3 is 0 Å². The quantitative estimate of drug-likeness (QED) is 0.434. The molecule has 0 bridgehead atoms. The highest BCUT2D eigenvalue weighted by molar-refractivity contribution is 7.17. The fourth-order valence-corrected chi connectivity index (χ4v) is 3.89. The van der Waals surface area contributed by atoms with E-state index in [0.717, 1.165) is 21.3 Å². The minimum absolute atomic E-state index is 0.142. The van der Waals surface area contributed by atoms with Crippen LogP contribution < -0.4 is 14.8 Å². The summed E-state index contributed by atoms with van der Waals surface area (Å²) < 4.78 is 11.7. The number of hydrogen-bond donors (Lipinski definition) is 1. The summed E-state index contributed by atoms with van der Waals surface area (Å²) in [6.45, 7) is 0.911. The van der Waals surface area contributed by atoms with E-state index in [2.05, 4.69) is 20.3 Å². The van der Waals surface area contributed by atoms with Gasteiger partial charge in [0.1, 0.15) is 16.9 Å². The van der Waals surface area contributed by atoms with Crippen LogP contribution >= 0.6 is 11.3 Å². The van der Waals surface area contributed by atoms with Gasteiger partial charge < -0.3 is 14.8 Å². The number of thiophene rings is 1. The largest absolute Gasteiger partial charge is 0.493 e. The van der Waals surface area contributed by atoms with Crippen molar-refractivity contribution >= 4 is 27.5 Å². The molecule has 0 aliphatic rings. The monoisotopic (exact) mass is 420 g/mol. The van der Waals surface area contributed by atoms with Crippen molar-refractivity contribution in [2.24, 2.45) is 0 Å². The molecular weight excluding hydrogens is 400 g/mol. The highest BCUT2D eigenvalue weighted by atomic mass is 32.1. The number of ether oxygens (including phenoxy) is 2. The summed E-state index contributed by atoms with van der Waals surface area (Å²) in [5, 5.41) is 5.55. The van der Waals surface area contributed by atoms with E-state index in [-0.39, 0.29) is 5.91 Å². The molecular formula is C22H20N4O3S. The highest BCUT2D eigenvalue weighted by Crippen LogP contribution is 2.37. The second-order valence-electron chi connectivity index (χ2n) is 6.41. The molecule has 8 heteroatoms. The molecule has 1 N–H and O–H groups in total. The van der Waals surface area contributed by atoms with Crippen LogP contribution in [0.15, 0.2) is 60.5 Å². The van der Waals surface area contributed by atoms with Gasteiger partial charge in [-0.05, 0) is 24.3 Å². The molecule has 4 aromatic rings. The Balaban J connectivity index is 1.38. The fourth-order valence-electron chi connectivity index (χ4n) is 2.98. The van der Waals surface area contributed by atoms with Gasteiger partial charge in [-0.15, -0.1) is 11.3 Å². The molecule has 3 aromatic heterocycles. The zero-order valence-electron chi connectivity index (χ0n) is 16.4. The first-order chi connectivity index (χ1) is 14.8. The lowest BCUT2D eigenvalue weighted by molar-refractivity contribution is 0.0962. The van der Waals surface area contributed by atoms with Crippen molar-refractivity contribution < 1.29 is 14.3 Å². The summed E-state index contributed by atoms with van der Waals surface area (Å²) in [5.41, 5.74) is 2.58. The Labute approximate surface area is 177 Å². The number of nitrogens with zero attached hydrogens (tertiary/aromatic N) is 3. The van der Waals surface area contributed by atoms with Crippen molar-refractivity contribution in [3.8, 4) is 22.8 Å². The average Bonchev–Trinajstić information content (AvgIpc) is 3.24. The lowest BCUT2D eigenvalue weighted by atomic mass is 10.1. The molecule has 4 rings (SSSR count). The average molecular weight is 420 g/mol. The summed E-state index contributed by atoms with van der Waals surface area (Å²) in [6, 6.07) is 11.0. The van der Waals surface area contributed by atoms with Crippen molar-refractivity contribution in [1.29, 1.82) is 0 Å². The number of amides is 1. The third kappa shape index (κ3) is 4.38. The number of pyridine rings is 1. The topological polar surface area (TPSA) is 86.2 Å². The van der Waals surface area contributed by atoms with Crippen LogP contribution in [0.1, 0.15) is 16.8 Å². The zero-order chi connectivity index (χ0) is 20.8. The van der Waals surface area contributed by atoms with Crippen LogP contribution in [-0.4, -0.2) is 41.1 Å². The SMILES string of the molecule is CNC(=O)c1cccc(OCCCOc2ncnc3scc(-c4cccnc4)c23)c1. The Morgan fingerprint density at radius 3 is 2.87 bits per heavy atom. The van der Waals surface area contributed by atoms with Gasteiger partial charge in [0, 0.05) is 47.9 Å². The molecule has 1 amide bonds. The van der Waals surface area contributed by atoms with Crippen molar-refractivity contribution in [2.45, 2.75) is 6.42 Å². The van der Waals surface area contributed by atoms with Crippen LogP contribution in [0.25, 0.3) is 21.3 Å². The molecule has 7 nitrogen and oxygen atoms in total. The van der Waals surface area contributed by atoms with Crippen molar-refractivity contribution in [1.82, 2.24) is 20.3 Å². The molecule has 0 saturated carbocycles. The van der Waals surface area contributed by atoms with E-state index in [1.165, 1.54) is 6.33 Å². The van der Waals surface area contributed by atoms with Crippen molar-refractivity contribution in [3.05, 3.63) is 66.1 Å². The fraction of sp³-hybridized carbons (Fsp3) is 0.182. The minimum atomic E-state index is -0.142. The van der Waals surface area contributed by atoms with Gasteiger partial charge in [0.2, 0.25) is 5.88 Å². The summed E-state index contributed by atoms with van der Waals surface area (Å²) in [4.78, 5) is 25.5. The number of carbonyl (C=O) groups is 1. The number of carbonyl (C=O) groups excluding carboxylic acids is 1. The first kappa shape index (κ1) is 19.8. The van der Waals surface area contributed by atoms with Gasteiger partial charge in [0.05, 0.1) is 18.6 Å². The summed E-state index contributed by atoms with van der Waals surface area (Å²) in [5.74, 6) is 1.07. The van der Waals surface area contributed by atoms with Crippen LogP contribution in [0.4, 0.5) is 0 Å². The second-order valence-corrected chi connectivity index (χ2v) is 7.27.